The Morgan fingerprint density at radius 3 is 2.50 bits per heavy atom. The third-order valence-electron chi connectivity index (χ3n) is 4.63. The van der Waals surface area contributed by atoms with Crippen LogP contribution in [0.1, 0.15) is 42.9 Å². The van der Waals surface area contributed by atoms with Gasteiger partial charge in [-0.25, -0.2) is 17.5 Å². The minimum Gasteiger partial charge on any atom is -0.351 e. The highest BCUT2D eigenvalue weighted by molar-refractivity contribution is 7.88. The normalized spacial score (nSPS) is 16.1. The number of carbonyl (C=O) groups is 2. The zero-order chi connectivity index (χ0) is 21.9. The van der Waals surface area contributed by atoms with Crippen molar-refractivity contribution in [3.63, 3.8) is 0 Å². The molecule has 3 N–H and O–H groups in total. The molecule has 1 heterocycles. The molecule has 0 saturated heterocycles. The van der Waals surface area contributed by atoms with E-state index >= 15 is 0 Å². The maximum atomic E-state index is 13.4. The second-order valence-corrected chi connectivity index (χ2v) is 9.36. The maximum absolute atomic E-state index is 13.4. The number of hydrogen-bond acceptors (Lipinski definition) is 4. The summed E-state index contributed by atoms with van der Waals surface area (Å²) in [5.74, 6) is -1.97. The third kappa shape index (κ3) is 5.64. The Balaban J connectivity index is 1.62. The second-order valence-electron chi connectivity index (χ2n) is 7.60. The number of fused-ring (bicyclic) bond motifs is 1. The molecule has 160 valence electrons. The quantitative estimate of drug-likeness (QED) is 0.624. The van der Waals surface area contributed by atoms with Crippen LogP contribution in [0.5, 0.6) is 0 Å². The molecule has 0 bridgehead atoms. The van der Waals surface area contributed by atoms with E-state index < -0.39 is 21.8 Å². The fraction of sp³-hybridized carbons (Fsp3) is 0.333. The molecule has 0 fully saturated rings. The summed E-state index contributed by atoms with van der Waals surface area (Å²) in [7, 11) is -3.41. The number of rotatable bonds is 7. The predicted octanol–water partition coefficient (Wildman–Crippen LogP) is 2.40. The van der Waals surface area contributed by atoms with Gasteiger partial charge in [0.1, 0.15) is 5.82 Å². The first-order valence-corrected chi connectivity index (χ1v) is 11.2. The lowest BCUT2D eigenvalue weighted by atomic mass is 9.89. The van der Waals surface area contributed by atoms with Gasteiger partial charge in [-0.15, -0.1) is 0 Å². The Morgan fingerprint density at radius 1 is 1.17 bits per heavy atom. The van der Waals surface area contributed by atoms with Crippen LogP contribution in [0.25, 0.3) is 0 Å². The SMILES string of the molecule is CC(C)NS(=O)(=O)Cc1ccc(CNC(=O)[C@@H]2CC(=O)Nc3cc(F)ccc32)cc1. The van der Waals surface area contributed by atoms with Crippen molar-refractivity contribution in [3.05, 3.63) is 65.0 Å². The van der Waals surface area contributed by atoms with Gasteiger partial charge in [-0.05, 0) is 42.7 Å². The van der Waals surface area contributed by atoms with E-state index in [1.165, 1.54) is 18.2 Å². The summed E-state index contributed by atoms with van der Waals surface area (Å²) in [6.45, 7) is 3.74. The summed E-state index contributed by atoms with van der Waals surface area (Å²) >= 11 is 0. The molecular formula is C21H24FN3O4S. The Morgan fingerprint density at radius 2 is 1.83 bits per heavy atom. The number of nitrogens with one attached hydrogen (secondary N) is 3. The van der Waals surface area contributed by atoms with Crippen molar-refractivity contribution < 1.29 is 22.4 Å². The number of carbonyl (C=O) groups excluding carboxylic acids is 2. The molecule has 2 aromatic rings. The summed E-state index contributed by atoms with van der Waals surface area (Å²) < 4.78 is 40.0. The summed E-state index contributed by atoms with van der Waals surface area (Å²) in [4.78, 5) is 24.5. The van der Waals surface area contributed by atoms with Gasteiger partial charge in [0.25, 0.3) is 0 Å². The zero-order valence-electron chi connectivity index (χ0n) is 16.7. The van der Waals surface area contributed by atoms with Gasteiger partial charge >= 0.3 is 0 Å². The van der Waals surface area contributed by atoms with Crippen molar-refractivity contribution >= 4 is 27.5 Å². The molecule has 1 atom stereocenters. The fourth-order valence-corrected chi connectivity index (χ4v) is 4.79. The monoisotopic (exact) mass is 433 g/mol. The maximum Gasteiger partial charge on any atom is 0.228 e. The molecule has 1 aliphatic rings. The lowest BCUT2D eigenvalue weighted by Gasteiger charge is -2.25. The van der Waals surface area contributed by atoms with Gasteiger partial charge < -0.3 is 10.6 Å². The smallest absolute Gasteiger partial charge is 0.228 e. The predicted molar refractivity (Wildman–Crippen MR) is 112 cm³/mol. The zero-order valence-corrected chi connectivity index (χ0v) is 17.6. The number of benzene rings is 2. The molecular weight excluding hydrogens is 409 g/mol. The molecule has 0 unspecified atom stereocenters. The first-order chi connectivity index (χ1) is 14.1. The Hall–Kier alpha value is -2.78. The summed E-state index contributed by atoms with van der Waals surface area (Å²) in [6, 6.07) is 10.7. The first-order valence-electron chi connectivity index (χ1n) is 9.58. The molecule has 1 aliphatic heterocycles. The van der Waals surface area contributed by atoms with Crippen molar-refractivity contribution in [1.82, 2.24) is 10.0 Å². The van der Waals surface area contributed by atoms with E-state index in [1.807, 2.05) is 0 Å². The second kappa shape index (κ2) is 8.93. The Labute approximate surface area is 175 Å². The van der Waals surface area contributed by atoms with E-state index in [1.54, 1.807) is 38.1 Å². The molecule has 2 aromatic carbocycles. The molecule has 0 aliphatic carbocycles. The van der Waals surface area contributed by atoms with E-state index in [-0.39, 0.29) is 36.6 Å². The van der Waals surface area contributed by atoms with Gasteiger partial charge in [-0.3, -0.25) is 9.59 Å². The molecule has 0 aromatic heterocycles. The third-order valence-corrected chi connectivity index (χ3v) is 6.18. The molecule has 30 heavy (non-hydrogen) atoms. The van der Waals surface area contributed by atoms with Crippen LogP contribution < -0.4 is 15.4 Å². The molecule has 2 amide bonds. The Kier molecular flexibility index (Phi) is 6.52. The van der Waals surface area contributed by atoms with Gasteiger partial charge in [0.05, 0.1) is 11.7 Å². The largest absolute Gasteiger partial charge is 0.351 e. The van der Waals surface area contributed by atoms with Crippen LogP contribution in [-0.2, 0) is 31.9 Å². The van der Waals surface area contributed by atoms with Crippen LogP contribution in [0.4, 0.5) is 10.1 Å². The number of sulfonamides is 1. The van der Waals surface area contributed by atoms with Crippen LogP contribution in [0.2, 0.25) is 0 Å². The van der Waals surface area contributed by atoms with E-state index in [0.29, 0.717) is 16.8 Å². The minimum atomic E-state index is -3.41. The molecule has 3 rings (SSSR count). The van der Waals surface area contributed by atoms with Gasteiger partial charge in [-0.2, -0.15) is 0 Å². The number of halogens is 1. The highest BCUT2D eigenvalue weighted by Crippen LogP contribution is 2.32. The lowest BCUT2D eigenvalue weighted by molar-refractivity contribution is -0.126. The average Bonchev–Trinajstić information content (AvgIpc) is 2.64. The van der Waals surface area contributed by atoms with Crippen LogP contribution in [0.15, 0.2) is 42.5 Å². The van der Waals surface area contributed by atoms with E-state index in [4.69, 9.17) is 0 Å². The van der Waals surface area contributed by atoms with Crippen molar-refractivity contribution in [2.24, 2.45) is 0 Å². The van der Waals surface area contributed by atoms with Crippen molar-refractivity contribution in [2.75, 3.05) is 5.32 Å². The number of anilines is 1. The van der Waals surface area contributed by atoms with Crippen molar-refractivity contribution in [2.45, 2.75) is 44.5 Å². The highest BCUT2D eigenvalue weighted by atomic mass is 32.2. The molecule has 7 nitrogen and oxygen atoms in total. The van der Waals surface area contributed by atoms with Crippen molar-refractivity contribution in [1.29, 1.82) is 0 Å². The van der Waals surface area contributed by atoms with Crippen LogP contribution >= 0.6 is 0 Å². The number of hydrogen-bond donors (Lipinski definition) is 3. The van der Waals surface area contributed by atoms with Crippen LogP contribution in [0.3, 0.4) is 0 Å². The summed E-state index contributed by atoms with van der Waals surface area (Å²) in [5, 5.41) is 5.38. The van der Waals surface area contributed by atoms with E-state index in [9.17, 15) is 22.4 Å². The topological polar surface area (TPSA) is 104 Å². The Bertz CT molecular complexity index is 1050. The molecule has 0 radical (unpaired) electrons. The van der Waals surface area contributed by atoms with Crippen LogP contribution in [0, 0.1) is 5.82 Å². The first kappa shape index (κ1) is 21.9. The minimum absolute atomic E-state index is 0.00981. The van der Waals surface area contributed by atoms with E-state index in [0.717, 1.165) is 5.56 Å². The fourth-order valence-electron chi connectivity index (χ4n) is 3.36. The number of amides is 2. The standard InChI is InChI=1S/C21H24FN3O4S/c1-13(2)25-30(28,29)12-15-5-3-14(4-6-15)11-23-21(27)18-10-20(26)24-19-9-16(22)7-8-17(18)19/h3-9,13,18,25H,10-12H2,1-2H3,(H,23,27)(H,24,26)/t18-/m1/s1. The van der Waals surface area contributed by atoms with Gasteiger partial charge in [0.15, 0.2) is 0 Å². The lowest BCUT2D eigenvalue weighted by Crippen LogP contribution is -2.34. The highest BCUT2D eigenvalue weighted by Gasteiger charge is 2.30. The summed E-state index contributed by atoms with van der Waals surface area (Å²) in [5.41, 5.74) is 2.32. The molecule has 9 heteroatoms. The van der Waals surface area contributed by atoms with E-state index in [2.05, 4.69) is 15.4 Å². The molecule has 0 saturated carbocycles. The average molecular weight is 434 g/mol. The van der Waals surface area contributed by atoms with Gasteiger partial charge in [0.2, 0.25) is 21.8 Å². The van der Waals surface area contributed by atoms with Gasteiger partial charge in [0, 0.05) is 24.7 Å². The van der Waals surface area contributed by atoms with Crippen LogP contribution in [-0.4, -0.2) is 26.3 Å². The summed E-state index contributed by atoms with van der Waals surface area (Å²) in [6.07, 6.45) is -0.00981. The molecule has 0 spiro atoms. The van der Waals surface area contributed by atoms with Crippen molar-refractivity contribution in [3.8, 4) is 0 Å². The van der Waals surface area contributed by atoms with Gasteiger partial charge in [-0.1, -0.05) is 30.3 Å².